The number of hydrogen-bond acceptors (Lipinski definition) is 4. The molecule has 0 amide bonds. The van der Waals surface area contributed by atoms with Gasteiger partial charge in [0.05, 0.1) is 11.8 Å². The first-order chi connectivity index (χ1) is 12.6. The molecule has 1 fully saturated rings. The minimum Gasteiger partial charge on any atom is -0.491 e. The minimum absolute atomic E-state index is 0.301. The highest BCUT2D eigenvalue weighted by Crippen LogP contribution is 2.25. The smallest absolute Gasteiger partial charge is 0.120 e. The van der Waals surface area contributed by atoms with Gasteiger partial charge in [0.1, 0.15) is 12.4 Å². The third-order valence-corrected chi connectivity index (χ3v) is 5.09. The average molecular weight is 378 g/mol. The van der Waals surface area contributed by atoms with E-state index >= 15 is 0 Å². The molecule has 1 saturated heterocycles. The maximum absolute atomic E-state index is 10.9. The van der Waals surface area contributed by atoms with E-state index in [0.717, 1.165) is 45.4 Å². The zero-order valence-corrected chi connectivity index (χ0v) is 16.2. The number of halogens is 1. The van der Waals surface area contributed by atoms with E-state index in [1.54, 1.807) is 6.07 Å². The van der Waals surface area contributed by atoms with E-state index in [9.17, 15) is 5.11 Å². The fourth-order valence-electron chi connectivity index (χ4n) is 3.41. The van der Waals surface area contributed by atoms with Gasteiger partial charge in [0.15, 0.2) is 0 Å². The number of aryl methyl sites for hydroxylation is 1. The monoisotopic (exact) mass is 377 g/mol. The van der Waals surface area contributed by atoms with Crippen molar-refractivity contribution in [2.24, 2.45) is 0 Å². The van der Waals surface area contributed by atoms with Gasteiger partial charge in [-0.15, -0.1) is 0 Å². The first-order valence-corrected chi connectivity index (χ1v) is 9.78. The summed E-state index contributed by atoms with van der Waals surface area (Å²) in [6, 6.07) is 7.32. The Balaban J connectivity index is 1.51. The normalized spacial score (nSPS) is 21.5. The fourth-order valence-corrected chi connectivity index (χ4v) is 3.59. The summed E-state index contributed by atoms with van der Waals surface area (Å²) in [6.07, 6.45) is 7.58. The number of likely N-dealkylation sites (tertiary alicyclic amines) is 1. The molecule has 6 heteroatoms. The van der Waals surface area contributed by atoms with Crippen molar-refractivity contribution >= 4 is 11.6 Å². The van der Waals surface area contributed by atoms with Gasteiger partial charge >= 0.3 is 0 Å². The Labute approximate surface area is 160 Å². The highest BCUT2D eigenvalue weighted by Gasteiger charge is 2.31. The minimum atomic E-state index is -0.788. The quantitative estimate of drug-likeness (QED) is 0.798. The molecule has 0 spiro atoms. The zero-order chi connectivity index (χ0) is 18.4. The molecule has 0 saturated carbocycles. The van der Waals surface area contributed by atoms with Gasteiger partial charge in [-0.25, -0.2) is 0 Å². The Bertz CT molecular complexity index is 706. The fraction of sp³-hybridized carbons (Fsp3) is 0.550. The van der Waals surface area contributed by atoms with Gasteiger partial charge in [-0.1, -0.05) is 24.6 Å². The van der Waals surface area contributed by atoms with Crippen LogP contribution < -0.4 is 4.74 Å². The summed E-state index contributed by atoms with van der Waals surface area (Å²) in [6.45, 7) is 6.14. The van der Waals surface area contributed by atoms with Crippen molar-refractivity contribution in [1.29, 1.82) is 0 Å². The number of ether oxygens (including phenoxy) is 1. The lowest BCUT2D eigenvalue weighted by Crippen LogP contribution is -2.37. The lowest BCUT2D eigenvalue weighted by Gasteiger charge is -2.27. The Kier molecular flexibility index (Phi) is 6.57. The first-order valence-electron chi connectivity index (χ1n) is 9.41. The van der Waals surface area contributed by atoms with Gasteiger partial charge in [-0.3, -0.25) is 9.58 Å². The maximum atomic E-state index is 10.9. The van der Waals surface area contributed by atoms with Crippen LogP contribution in [0.25, 0.3) is 0 Å². The van der Waals surface area contributed by atoms with Crippen molar-refractivity contribution < 1.29 is 9.84 Å². The van der Waals surface area contributed by atoms with E-state index in [1.807, 2.05) is 29.1 Å². The molecule has 1 aliphatic rings. The van der Waals surface area contributed by atoms with Crippen molar-refractivity contribution in [3.8, 4) is 5.75 Å². The highest BCUT2D eigenvalue weighted by atomic mass is 35.5. The van der Waals surface area contributed by atoms with Crippen LogP contribution in [-0.4, -0.2) is 45.1 Å². The molecular weight excluding hydrogens is 350 g/mol. The largest absolute Gasteiger partial charge is 0.491 e. The first kappa shape index (κ1) is 19.2. The van der Waals surface area contributed by atoms with E-state index in [4.69, 9.17) is 16.3 Å². The summed E-state index contributed by atoms with van der Waals surface area (Å²) in [5, 5.41) is 16.0. The van der Waals surface area contributed by atoms with Crippen molar-refractivity contribution in [2.45, 2.75) is 51.3 Å². The molecule has 0 radical (unpaired) electrons. The maximum Gasteiger partial charge on any atom is 0.120 e. The molecule has 1 N–H and O–H groups in total. The predicted octanol–water partition coefficient (Wildman–Crippen LogP) is 3.74. The van der Waals surface area contributed by atoms with Crippen molar-refractivity contribution in [3.05, 3.63) is 47.2 Å². The molecule has 1 aromatic heterocycles. The zero-order valence-electron chi connectivity index (χ0n) is 15.4. The van der Waals surface area contributed by atoms with Crippen LogP contribution in [0.3, 0.4) is 0 Å². The highest BCUT2D eigenvalue weighted by molar-refractivity contribution is 6.30. The summed E-state index contributed by atoms with van der Waals surface area (Å²) >= 11 is 5.99. The molecule has 5 nitrogen and oxygen atoms in total. The number of aliphatic hydroxyl groups is 1. The van der Waals surface area contributed by atoms with Crippen LogP contribution >= 0.6 is 11.6 Å². The van der Waals surface area contributed by atoms with Crippen LogP contribution in [0.4, 0.5) is 0 Å². The van der Waals surface area contributed by atoms with Gasteiger partial charge in [-0.05, 0) is 50.4 Å². The molecular formula is C20H28ClN3O2. The Hall–Kier alpha value is -1.56. The average Bonchev–Trinajstić information content (AvgIpc) is 2.97. The summed E-state index contributed by atoms with van der Waals surface area (Å²) in [5.74, 6) is 0.704. The van der Waals surface area contributed by atoms with E-state index < -0.39 is 5.60 Å². The lowest BCUT2D eigenvalue weighted by atomic mass is 9.96. The second-order valence-corrected chi connectivity index (χ2v) is 7.65. The summed E-state index contributed by atoms with van der Waals surface area (Å²) in [4.78, 5) is 2.39. The summed E-state index contributed by atoms with van der Waals surface area (Å²) in [5.41, 5.74) is 0.447. The van der Waals surface area contributed by atoms with E-state index in [2.05, 4.69) is 23.1 Å². The molecule has 1 aromatic carbocycles. The van der Waals surface area contributed by atoms with Gasteiger partial charge in [0, 0.05) is 36.4 Å². The molecule has 1 unspecified atom stereocenters. The van der Waals surface area contributed by atoms with Gasteiger partial charge in [0.2, 0.25) is 0 Å². The molecule has 0 bridgehead atoms. The number of rotatable bonds is 7. The molecule has 142 valence electrons. The number of nitrogens with zero attached hydrogens (tertiary/aromatic N) is 3. The number of benzene rings is 1. The van der Waals surface area contributed by atoms with Gasteiger partial charge in [0.25, 0.3) is 0 Å². The van der Waals surface area contributed by atoms with Crippen LogP contribution in [0.15, 0.2) is 36.7 Å². The molecule has 2 heterocycles. The molecule has 1 aliphatic heterocycles. The number of hydrogen-bond donors (Lipinski definition) is 1. The summed E-state index contributed by atoms with van der Waals surface area (Å²) in [7, 11) is 0. The number of aromatic nitrogens is 2. The predicted molar refractivity (Wildman–Crippen MR) is 104 cm³/mol. The van der Waals surface area contributed by atoms with Crippen molar-refractivity contribution in [3.63, 3.8) is 0 Å². The third kappa shape index (κ3) is 5.47. The van der Waals surface area contributed by atoms with Crippen LogP contribution in [0.5, 0.6) is 5.75 Å². The summed E-state index contributed by atoms with van der Waals surface area (Å²) < 4.78 is 7.80. The van der Waals surface area contributed by atoms with Crippen LogP contribution in [0.2, 0.25) is 5.02 Å². The molecule has 1 atom stereocenters. The Morgan fingerprint density at radius 3 is 3.00 bits per heavy atom. The molecule has 26 heavy (non-hydrogen) atoms. The van der Waals surface area contributed by atoms with Crippen molar-refractivity contribution in [2.75, 3.05) is 19.7 Å². The van der Waals surface area contributed by atoms with Crippen LogP contribution in [0, 0.1) is 0 Å². The molecule has 3 rings (SSSR count). The van der Waals surface area contributed by atoms with Crippen LogP contribution in [-0.2, 0) is 13.1 Å². The molecule has 2 aromatic rings. The third-order valence-electron chi connectivity index (χ3n) is 4.86. The van der Waals surface area contributed by atoms with Gasteiger partial charge < -0.3 is 9.84 Å². The SMILES string of the molecule is CCCn1cc(CN2CCCC(O)(COc3cccc(Cl)c3)CC2)cn1. The standard InChI is InChI=1S/C20H28ClN3O2/c1-2-9-24-15-17(13-22-24)14-23-10-4-7-20(25,8-11-23)16-26-19-6-3-5-18(21)12-19/h3,5-6,12-13,15,25H,2,4,7-11,14,16H2,1H3. The van der Waals surface area contributed by atoms with E-state index in [1.165, 1.54) is 5.56 Å². The second kappa shape index (κ2) is 8.89. The van der Waals surface area contributed by atoms with E-state index in [0.29, 0.717) is 23.8 Å². The lowest BCUT2D eigenvalue weighted by molar-refractivity contribution is -0.0168. The molecule has 0 aliphatic carbocycles. The Morgan fingerprint density at radius 1 is 1.31 bits per heavy atom. The van der Waals surface area contributed by atoms with Gasteiger partial charge in [-0.2, -0.15) is 5.10 Å². The second-order valence-electron chi connectivity index (χ2n) is 7.21. The topological polar surface area (TPSA) is 50.5 Å². The van der Waals surface area contributed by atoms with Crippen LogP contribution in [0.1, 0.15) is 38.2 Å². The van der Waals surface area contributed by atoms with Crippen molar-refractivity contribution in [1.82, 2.24) is 14.7 Å². The Morgan fingerprint density at radius 2 is 2.19 bits per heavy atom. The van der Waals surface area contributed by atoms with E-state index in [-0.39, 0.29) is 0 Å².